The number of nitrogens with two attached hydrogens (primary N) is 1. The summed E-state index contributed by atoms with van der Waals surface area (Å²) < 4.78 is 1.55. The molecule has 1 aromatic rings. The Bertz CT molecular complexity index is 283. The number of hydrogen-bond acceptors (Lipinski definition) is 4. The third-order valence-corrected chi connectivity index (χ3v) is 1.59. The van der Waals surface area contributed by atoms with Gasteiger partial charge >= 0.3 is 5.97 Å². The largest absolute Gasteiger partial charge is 0.481 e. The predicted octanol–water partition coefficient (Wildman–Crippen LogP) is -1.06. The predicted molar refractivity (Wildman–Crippen MR) is 40.4 cm³/mol. The summed E-state index contributed by atoms with van der Waals surface area (Å²) >= 11 is 0. The summed E-state index contributed by atoms with van der Waals surface area (Å²) in [6, 6.07) is 0. The van der Waals surface area contributed by atoms with E-state index in [1.807, 2.05) is 0 Å². The van der Waals surface area contributed by atoms with E-state index in [9.17, 15) is 4.79 Å². The quantitative estimate of drug-likeness (QED) is 0.603. The molecule has 6 heteroatoms. The molecule has 0 fully saturated rings. The number of aliphatic carboxylic acids is 1. The molecule has 12 heavy (non-hydrogen) atoms. The van der Waals surface area contributed by atoms with Crippen LogP contribution >= 0.6 is 0 Å². The molecule has 0 radical (unpaired) electrons. The van der Waals surface area contributed by atoms with Crippen molar-refractivity contribution in [2.75, 3.05) is 6.54 Å². The van der Waals surface area contributed by atoms with Crippen molar-refractivity contribution < 1.29 is 9.90 Å². The van der Waals surface area contributed by atoms with Crippen LogP contribution in [0.25, 0.3) is 0 Å². The van der Waals surface area contributed by atoms with Gasteiger partial charge in [0.05, 0.1) is 0 Å². The number of nitrogens with zero attached hydrogens (tertiary/aromatic N) is 3. The van der Waals surface area contributed by atoms with Gasteiger partial charge in [-0.25, -0.2) is 0 Å². The maximum Gasteiger partial charge on any atom is 0.315 e. The summed E-state index contributed by atoms with van der Waals surface area (Å²) in [6.07, 6.45) is 1.45. The Labute approximate surface area is 69.0 Å². The second-order valence-electron chi connectivity index (χ2n) is 2.43. The van der Waals surface area contributed by atoms with Crippen LogP contribution in [0.2, 0.25) is 0 Å². The molecule has 0 amide bonds. The van der Waals surface area contributed by atoms with Crippen LogP contribution in [0, 0.1) is 0 Å². The molecule has 0 saturated carbocycles. The average Bonchev–Trinajstić information content (AvgIpc) is 2.38. The first-order chi connectivity index (χ1) is 5.66. The molecule has 3 N–H and O–H groups in total. The van der Waals surface area contributed by atoms with Crippen molar-refractivity contribution in [3.8, 4) is 0 Å². The van der Waals surface area contributed by atoms with Gasteiger partial charge in [-0.3, -0.25) is 4.79 Å². The van der Waals surface area contributed by atoms with Crippen molar-refractivity contribution >= 4 is 5.97 Å². The van der Waals surface area contributed by atoms with Crippen molar-refractivity contribution in [1.29, 1.82) is 0 Å². The fourth-order valence-electron chi connectivity index (χ4n) is 0.924. The van der Waals surface area contributed by atoms with Gasteiger partial charge in [0.15, 0.2) is 0 Å². The van der Waals surface area contributed by atoms with Crippen LogP contribution in [0.15, 0.2) is 6.33 Å². The standard InChI is InChI=1S/C6H10N4O2/c1-10-3-8-9-5(10)4(2-7)6(11)12/h3-4H,2,7H2,1H3,(H,11,12). The van der Waals surface area contributed by atoms with Gasteiger partial charge < -0.3 is 15.4 Å². The molecule has 0 aliphatic carbocycles. The van der Waals surface area contributed by atoms with Gasteiger partial charge in [-0.15, -0.1) is 10.2 Å². The highest BCUT2D eigenvalue weighted by Crippen LogP contribution is 2.09. The van der Waals surface area contributed by atoms with E-state index >= 15 is 0 Å². The van der Waals surface area contributed by atoms with E-state index in [1.54, 1.807) is 11.6 Å². The molecule has 0 saturated heterocycles. The molecule has 1 rings (SSSR count). The summed E-state index contributed by atoms with van der Waals surface area (Å²) in [4.78, 5) is 10.6. The fourth-order valence-corrected chi connectivity index (χ4v) is 0.924. The van der Waals surface area contributed by atoms with Crippen LogP contribution in [0.5, 0.6) is 0 Å². The van der Waals surface area contributed by atoms with E-state index in [0.717, 1.165) is 0 Å². The van der Waals surface area contributed by atoms with Gasteiger partial charge in [-0.2, -0.15) is 0 Å². The molecule has 0 spiro atoms. The number of carbonyl (C=O) groups is 1. The number of hydrogen-bond donors (Lipinski definition) is 2. The Hall–Kier alpha value is -1.43. The Morgan fingerprint density at radius 1 is 1.92 bits per heavy atom. The van der Waals surface area contributed by atoms with Gasteiger partial charge in [0.1, 0.15) is 18.1 Å². The van der Waals surface area contributed by atoms with Crippen molar-refractivity contribution in [3.63, 3.8) is 0 Å². The Kier molecular flexibility index (Phi) is 2.39. The summed E-state index contributed by atoms with van der Waals surface area (Å²) in [7, 11) is 1.68. The van der Waals surface area contributed by atoms with Gasteiger partial charge in [0.25, 0.3) is 0 Å². The first kappa shape index (κ1) is 8.66. The van der Waals surface area contributed by atoms with E-state index in [-0.39, 0.29) is 6.54 Å². The van der Waals surface area contributed by atoms with E-state index in [2.05, 4.69) is 10.2 Å². The van der Waals surface area contributed by atoms with E-state index in [0.29, 0.717) is 5.82 Å². The number of aromatic nitrogens is 3. The smallest absolute Gasteiger partial charge is 0.315 e. The minimum Gasteiger partial charge on any atom is -0.481 e. The van der Waals surface area contributed by atoms with Crippen LogP contribution in [0.3, 0.4) is 0 Å². The average molecular weight is 170 g/mol. The molecular formula is C6H10N4O2. The van der Waals surface area contributed by atoms with Crippen LogP contribution in [0.1, 0.15) is 11.7 Å². The molecule has 6 nitrogen and oxygen atoms in total. The lowest BCUT2D eigenvalue weighted by Crippen LogP contribution is -2.24. The number of rotatable bonds is 3. The SMILES string of the molecule is Cn1cnnc1C(CN)C(=O)O. The van der Waals surface area contributed by atoms with Crippen LogP contribution in [0.4, 0.5) is 0 Å². The monoisotopic (exact) mass is 170 g/mol. The lowest BCUT2D eigenvalue weighted by Gasteiger charge is -2.07. The van der Waals surface area contributed by atoms with Crippen molar-refractivity contribution in [1.82, 2.24) is 14.8 Å². The molecule has 1 atom stereocenters. The molecule has 0 aromatic carbocycles. The topological polar surface area (TPSA) is 94.0 Å². The molecule has 1 aromatic heterocycles. The van der Waals surface area contributed by atoms with Crippen molar-refractivity contribution in [3.05, 3.63) is 12.2 Å². The molecule has 0 aliphatic rings. The molecule has 1 unspecified atom stereocenters. The highest BCUT2D eigenvalue weighted by molar-refractivity contribution is 5.75. The van der Waals surface area contributed by atoms with Crippen molar-refractivity contribution in [2.24, 2.45) is 12.8 Å². The normalized spacial score (nSPS) is 12.8. The number of aryl methyl sites for hydroxylation is 1. The van der Waals surface area contributed by atoms with Crippen LogP contribution < -0.4 is 5.73 Å². The fraction of sp³-hybridized carbons (Fsp3) is 0.500. The summed E-state index contributed by atoms with van der Waals surface area (Å²) in [5.41, 5.74) is 5.27. The zero-order chi connectivity index (χ0) is 9.14. The van der Waals surface area contributed by atoms with E-state index in [1.165, 1.54) is 6.33 Å². The summed E-state index contributed by atoms with van der Waals surface area (Å²) in [5, 5.41) is 15.9. The Morgan fingerprint density at radius 3 is 2.92 bits per heavy atom. The molecule has 0 aliphatic heterocycles. The number of carboxylic acids is 1. The van der Waals surface area contributed by atoms with Crippen LogP contribution in [-0.4, -0.2) is 32.4 Å². The minimum atomic E-state index is -0.978. The zero-order valence-corrected chi connectivity index (χ0v) is 6.64. The van der Waals surface area contributed by atoms with Gasteiger partial charge in [-0.05, 0) is 0 Å². The molecular weight excluding hydrogens is 160 g/mol. The second kappa shape index (κ2) is 3.31. The lowest BCUT2D eigenvalue weighted by molar-refractivity contribution is -0.138. The van der Waals surface area contributed by atoms with Crippen molar-refractivity contribution in [2.45, 2.75) is 5.92 Å². The van der Waals surface area contributed by atoms with Gasteiger partial charge in [0.2, 0.25) is 0 Å². The zero-order valence-electron chi connectivity index (χ0n) is 6.64. The summed E-state index contributed by atoms with van der Waals surface area (Å²) in [5.74, 6) is -1.36. The highest BCUT2D eigenvalue weighted by atomic mass is 16.4. The number of carboxylic acid groups (broad SMARTS) is 1. The maximum atomic E-state index is 10.6. The van der Waals surface area contributed by atoms with Gasteiger partial charge in [-0.1, -0.05) is 0 Å². The lowest BCUT2D eigenvalue weighted by atomic mass is 10.1. The first-order valence-corrected chi connectivity index (χ1v) is 3.43. The summed E-state index contributed by atoms with van der Waals surface area (Å²) in [6.45, 7) is 0.0296. The third kappa shape index (κ3) is 1.42. The van der Waals surface area contributed by atoms with E-state index < -0.39 is 11.9 Å². The highest BCUT2D eigenvalue weighted by Gasteiger charge is 2.22. The van der Waals surface area contributed by atoms with Gasteiger partial charge in [0, 0.05) is 13.6 Å². The first-order valence-electron chi connectivity index (χ1n) is 3.43. The van der Waals surface area contributed by atoms with E-state index in [4.69, 9.17) is 10.8 Å². The second-order valence-corrected chi connectivity index (χ2v) is 2.43. The molecule has 66 valence electrons. The Morgan fingerprint density at radius 2 is 2.58 bits per heavy atom. The molecule has 0 bridgehead atoms. The maximum absolute atomic E-state index is 10.6. The third-order valence-electron chi connectivity index (χ3n) is 1.59. The Balaban J connectivity index is 2.94. The van der Waals surface area contributed by atoms with Crippen LogP contribution in [-0.2, 0) is 11.8 Å². The minimum absolute atomic E-state index is 0.0296. The molecule has 1 heterocycles.